The Labute approximate surface area is 130 Å². The van der Waals surface area contributed by atoms with Crippen LogP contribution in [0.4, 0.5) is 10.5 Å². The fourth-order valence-electron chi connectivity index (χ4n) is 2.40. The molecule has 2 aromatic rings. The van der Waals surface area contributed by atoms with E-state index in [0.29, 0.717) is 28.2 Å². The van der Waals surface area contributed by atoms with Crippen LogP contribution in [-0.4, -0.2) is 22.9 Å². The molecule has 8 heteroatoms. The Kier molecular flexibility index (Phi) is 3.71. The quantitative estimate of drug-likeness (QED) is 0.662. The second-order valence-electron chi connectivity index (χ2n) is 4.80. The van der Waals surface area contributed by atoms with Crippen molar-refractivity contribution in [2.24, 2.45) is 0 Å². The van der Waals surface area contributed by atoms with Gasteiger partial charge in [-0.3, -0.25) is 10.1 Å². The molecule has 3 rings (SSSR count). The summed E-state index contributed by atoms with van der Waals surface area (Å²) in [7, 11) is 0. The lowest BCUT2D eigenvalue weighted by atomic mass is 9.97. The standard InChI is InChI=1S/C15H12N2O6/c18-15(19)16-7-10-3-6-12-14(23-8-22-12)13(10)9-1-4-11(5-2-9)17(20)21/h1-6,16H,7-8H2,(H,18,19). The van der Waals surface area contributed by atoms with Gasteiger partial charge in [-0.05, 0) is 29.3 Å². The number of hydrogen-bond donors (Lipinski definition) is 2. The van der Waals surface area contributed by atoms with E-state index in [2.05, 4.69) is 5.32 Å². The zero-order chi connectivity index (χ0) is 16.4. The molecule has 0 saturated heterocycles. The SMILES string of the molecule is O=C(O)NCc1ccc2c(c1-c1ccc([N+](=O)[O-])cc1)OCO2. The topological polar surface area (TPSA) is 111 Å². The van der Waals surface area contributed by atoms with Gasteiger partial charge in [0.15, 0.2) is 11.5 Å². The van der Waals surface area contributed by atoms with Crippen LogP contribution in [0.3, 0.4) is 0 Å². The Morgan fingerprint density at radius 2 is 1.96 bits per heavy atom. The third-order valence-corrected chi connectivity index (χ3v) is 3.42. The molecule has 0 unspecified atom stereocenters. The minimum atomic E-state index is -1.14. The number of nitro groups is 1. The second-order valence-corrected chi connectivity index (χ2v) is 4.80. The van der Waals surface area contributed by atoms with E-state index in [4.69, 9.17) is 14.6 Å². The molecule has 0 spiro atoms. The molecule has 0 radical (unpaired) electrons. The fraction of sp³-hybridized carbons (Fsp3) is 0.133. The molecule has 0 saturated carbocycles. The van der Waals surface area contributed by atoms with Gasteiger partial charge in [-0.25, -0.2) is 4.79 Å². The van der Waals surface area contributed by atoms with Gasteiger partial charge in [0.05, 0.1) is 4.92 Å². The number of nitrogens with one attached hydrogen (secondary N) is 1. The van der Waals surface area contributed by atoms with E-state index in [9.17, 15) is 14.9 Å². The van der Waals surface area contributed by atoms with E-state index in [0.717, 1.165) is 0 Å². The molecular weight excluding hydrogens is 304 g/mol. The van der Waals surface area contributed by atoms with Crippen molar-refractivity contribution in [2.75, 3.05) is 6.79 Å². The van der Waals surface area contributed by atoms with Crippen molar-refractivity contribution in [2.45, 2.75) is 6.54 Å². The van der Waals surface area contributed by atoms with Gasteiger partial charge in [-0.1, -0.05) is 6.07 Å². The summed E-state index contributed by atoms with van der Waals surface area (Å²) < 4.78 is 10.8. The highest BCUT2D eigenvalue weighted by molar-refractivity contribution is 5.78. The number of fused-ring (bicyclic) bond motifs is 1. The summed E-state index contributed by atoms with van der Waals surface area (Å²) in [5.41, 5.74) is 2.00. The number of ether oxygens (including phenoxy) is 2. The number of non-ortho nitro benzene ring substituents is 1. The third kappa shape index (κ3) is 2.86. The number of hydrogen-bond acceptors (Lipinski definition) is 5. The zero-order valence-electron chi connectivity index (χ0n) is 11.8. The maximum Gasteiger partial charge on any atom is 0.404 e. The predicted octanol–water partition coefficient (Wildman–Crippen LogP) is 2.76. The minimum Gasteiger partial charge on any atom is -0.465 e. The zero-order valence-corrected chi connectivity index (χ0v) is 11.8. The maximum atomic E-state index is 10.8. The van der Waals surface area contributed by atoms with Crippen molar-refractivity contribution in [1.29, 1.82) is 0 Å². The number of nitrogens with zero attached hydrogens (tertiary/aromatic N) is 1. The highest BCUT2D eigenvalue weighted by Gasteiger charge is 2.22. The lowest BCUT2D eigenvalue weighted by Crippen LogP contribution is -2.20. The van der Waals surface area contributed by atoms with Crippen LogP contribution in [0, 0.1) is 10.1 Å². The third-order valence-electron chi connectivity index (χ3n) is 3.42. The van der Waals surface area contributed by atoms with E-state index in [1.165, 1.54) is 12.1 Å². The molecule has 1 aliphatic heterocycles. The Bertz CT molecular complexity index is 772. The van der Waals surface area contributed by atoms with E-state index < -0.39 is 11.0 Å². The summed E-state index contributed by atoms with van der Waals surface area (Å²) in [6.07, 6.45) is -1.14. The molecule has 1 amide bonds. The first-order valence-corrected chi connectivity index (χ1v) is 6.69. The summed E-state index contributed by atoms with van der Waals surface area (Å²) >= 11 is 0. The molecule has 2 N–H and O–H groups in total. The molecule has 0 aromatic heterocycles. The van der Waals surface area contributed by atoms with Crippen molar-refractivity contribution in [3.05, 3.63) is 52.1 Å². The number of rotatable bonds is 4. The highest BCUT2D eigenvalue weighted by Crippen LogP contribution is 2.43. The molecular formula is C15H12N2O6. The molecule has 23 heavy (non-hydrogen) atoms. The molecule has 118 valence electrons. The van der Waals surface area contributed by atoms with Gasteiger partial charge in [0, 0.05) is 24.2 Å². The van der Waals surface area contributed by atoms with Crippen LogP contribution in [0.15, 0.2) is 36.4 Å². The first kappa shape index (κ1) is 14.6. The largest absolute Gasteiger partial charge is 0.465 e. The fourth-order valence-corrected chi connectivity index (χ4v) is 2.40. The van der Waals surface area contributed by atoms with Crippen molar-refractivity contribution >= 4 is 11.8 Å². The molecule has 1 heterocycles. The summed E-state index contributed by atoms with van der Waals surface area (Å²) in [6, 6.07) is 9.41. The first-order chi connectivity index (χ1) is 11.1. The average Bonchev–Trinajstić information content (AvgIpc) is 3.00. The van der Waals surface area contributed by atoms with Crippen molar-refractivity contribution in [3.8, 4) is 22.6 Å². The van der Waals surface area contributed by atoms with Crippen LogP contribution in [0.5, 0.6) is 11.5 Å². The van der Waals surface area contributed by atoms with Crippen LogP contribution < -0.4 is 14.8 Å². The summed E-state index contributed by atoms with van der Waals surface area (Å²) in [4.78, 5) is 21.0. The Morgan fingerprint density at radius 3 is 2.61 bits per heavy atom. The summed E-state index contributed by atoms with van der Waals surface area (Å²) in [5.74, 6) is 1.06. The number of benzene rings is 2. The molecule has 8 nitrogen and oxygen atoms in total. The molecule has 2 aromatic carbocycles. The Balaban J connectivity index is 2.06. The second kappa shape index (κ2) is 5.84. The van der Waals surface area contributed by atoms with Crippen LogP contribution in [0.2, 0.25) is 0 Å². The van der Waals surface area contributed by atoms with Crippen molar-refractivity contribution < 1.29 is 24.3 Å². The number of carbonyl (C=O) groups is 1. The van der Waals surface area contributed by atoms with Crippen molar-refractivity contribution in [3.63, 3.8) is 0 Å². The summed E-state index contributed by atoms with van der Waals surface area (Å²) in [5, 5.41) is 21.9. The van der Waals surface area contributed by atoms with Gasteiger partial charge in [-0.2, -0.15) is 0 Å². The van der Waals surface area contributed by atoms with Gasteiger partial charge >= 0.3 is 6.09 Å². The average molecular weight is 316 g/mol. The molecule has 0 aliphatic carbocycles. The Morgan fingerprint density at radius 1 is 1.22 bits per heavy atom. The minimum absolute atomic E-state index is 0.0243. The normalized spacial score (nSPS) is 12.0. The molecule has 0 fully saturated rings. The number of amides is 1. The van der Waals surface area contributed by atoms with Crippen LogP contribution >= 0.6 is 0 Å². The van der Waals surface area contributed by atoms with Gasteiger partial charge < -0.3 is 19.9 Å². The highest BCUT2D eigenvalue weighted by atomic mass is 16.7. The molecule has 0 atom stereocenters. The van der Waals surface area contributed by atoms with E-state index in [-0.39, 0.29) is 19.0 Å². The van der Waals surface area contributed by atoms with Gasteiger partial charge in [0.1, 0.15) is 0 Å². The van der Waals surface area contributed by atoms with Crippen LogP contribution in [-0.2, 0) is 6.54 Å². The van der Waals surface area contributed by atoms with Crippen LogP contribution in [0.1, 0.15) is 5.56 Å². The van der Waals surface area contributed by atoms with Gasteiger partial charge in [0.25, 0.3) is 5.69 Å². The number of carboxylic acid groups (broad SMARTS) is 1. The molecule has 1 aliphatic rings. The van der Waals surface area contributed by atoms with Gasteiger partial charge in [-0.15, -0.1) is 0 Å². The van der Waals surface area contributed by atoms with E-state index >= 15 is 0 Å². The van der Waals surface area contributed by atoms with E-state index in [1.807, 2.05) is 0 Å². The molecule has 0 bridgehead atoms. The lowest BCUT2D eigenvalue weighted by Gasteiger charge is -2.12. The first-order valence-electron chi connectivity index (χ1n) is 6.69. The lowest BCUT2D eigenvalue weighted by molar-refractivity contribution is -0.384. The van der Waals surface area contributed by atoms with Crippen molar-refractivity contribution in [1.82, 2.24) is 5.32 Å². The smallest absolute Gasteiger partial charge is 0.404 e. The van der Waals surface area contributed by atoms with Crippen LogP contribution in [0.25, 0.3) is 11.1 Å². The van der Waals surface area contributed by atoms with Gasteiger partial charge in [0.2, 0.25) is 6.79 Å². The Hall–Kier alpha value is -3.29. The number of nitro benzene ring substituents is 1. The monoisotopic (exact) mass is 316 g/mol. The predicted molar refractivity (Wildman–Crippen MR) is 79.5 cm³/mol. The van der Waals surface area contributed by atoms with E-state index in [1.54, 1.807) is 24.3 Å². The summed E-state index contributed by atoms with van der Waals surface area (Å²) in [6.45, 7) is 0.156. The maximum absolute atomic E-state index is 10.8.